The van der Waals surface area contributed by atoms with Crippen molar-refractivity contribution in [1.29, 1.82) is 0 Å². The number of aliphatic hydroxyl groups is 1. The van der Waals surface area contributed by atoms with Gasteiger partial charge < -0.3 is 25.2 Å². The van der Waals surface area contributed by atoms with Gasteiger partial charge >= 0.3 is 0 Å². The quantitative estimate of drug-likeness (QED) is 0.678. The van der Waals surface area contributed by atoms with Crippen LogP contribution in [0.4, 0.5) is 0 Å². The first-order valence-electron chi connectivity index (χ1n) is 10.1. The van der Waals surface area contributed by atoms with Crippen molar-refractivity contribution in [3.05, 3.63) is 58.7 Å². The lowest BCUT2D eigenvalue weighted by atomic mass is 9.86. The van der Waals surface area contributed by atoms with Gasteiger partial charge in [0.1, 0.15) is 17.6 Å². The van der Waals surface area contributed by atoms with Crippen LogP contribution in [0.3, 0.4) is 0 Å². The molecule has 0 saturated heterocycles. The van der Waals surface area contributed by atoms with Crippen molar-refractivity contribution < 1.29 is 24.2 Å². The average molecular weight is 410 g/mol. The molecule has 2 aromatic rings. The topological polar surface area (TPSA) is 96.9 Å². The van der Waals surface area contributed by atoms with Gasteiger partial charge in [0.25, 0.3) is 11.8 Å². The molecular formula is C23H26N2O5. The van der Waals surface area contributed by atoms with Gasteiger partial charge in [-0.05, 0) is 43.2 Å². The predicted octanol–water partition coefficient (Wildman–Crippen LogP) is 2.08. The van der Waals surface area contributed by atoms with E-state index in [1.807, 2.05) is 31.2 Å². The highest BCUT2D eigenvalue weighted by Gasteiger charge is 2.39. The summed E-state index contributed by atoms with van der Waals surface area (Å²) in [5.74, 6) is 0.641. The van der Waals surface area contributed by atoms with Crippen LogP contribution in [-0.2, 0) is 0 Å². The van der Waals surface area contributed by atoms with Gasteiger partial charge in [-0.25, -0.2) is 0 Å². The SMILES string of the molecule is CNC(=O)c1cc(C(=O)N[C@@H]2C[C@H]2CO)cc2c1O[C@H](C)[C@H]2c1cccc(OC)c1. The Morgan fingerprint density at radius 1 is 1.23 bits per heavy atom. The number of carbonyl (C=O) groups is 2. The molecule has 0 radical (unpaired) electrons. The zero-order valence-corrected chi connectivity index (χ0v) is 17.3. The van der Waals surface area contributed by atoms with Crippen LogP contribution in [-0.4, -0.2) is 49.8 Å². The highest BCUT2D eigenvalue weighted by atomic mass is 16.5. The Labute approximate surface area is 175 Å². The van der Waals surface area contributed by atoms with Crippen molar-refractivity contribution in [3.63, 3.8) is 0 Å². The fourth-order valence-electron chi connectivity index (χ4n) is 4.12. The summed E-state index contributed by atoms with van der Waals surface area (Å²) < 4.78 is 11.5. The maximum Gasteiger partial charge on any atom is 0.254 e. The van der Waals surface area contributed by atoms with Crippen LogP contribution in [0.25, 0.3) is 0 Å². The number of rotatable bonds is 6. The number of hydrogen-bond donors (Lipinski definition) is 3. The van der Waals surface area contributed by atoms with E-state index >= 15 is 0 Å². The fourth-order valence-corrected chi connectivity index (χ4v) is 4.12. The van der Waals surface area contributed by atoms with Gasteiger partial charge in [0.15, 0.2) is 0 Å². The highest BCUT2D eigenvalue weighted by Crippen LogP contribution is 2.45. The number of benzene rings is 2. The molecule has 0 bridgehead atoms. The van der Waals surface area contributed by atoms with Crippen LogP contribution in [0.15, 0.2) is 36.4 Å². The maximum absolute atomic E-state index is 12.9. The van der Waals surface area contributed by atoms with Crippen LogP contribution in [0.5, 0.6) is 11.5 Å². The van der Waals surface area contributed by atoms with E-state index in [4.69, 9.17) is 9.47 Å². The summed E-state index contributed by atoms with van der Waals surface area (Å²) >= 11 is 0. The summed E-state index contributed by atoms with van der Waals surface area (Å²) in [7, 11) is 3.17. The minimum absolute atomic E-state index is 0.0245. The van der Waals surface area contributed by atoms with Crippen LogP contribution >= 0.6 is 0 Å². The first-order valence-corrected chi connectivity index (χ1v) is 10.1. The smallest absolute Gasteiger partial charge is 0.254 e. The molecule has 0 aromatic heterocycles. The third-order valence-corrected chi connectivity index (χ3v) is 5.89. The number of aliphatic hydroxyl groups excluding tert-OH is 1. The Balaban J connectivity index is 1.76. The third kappa shape index (κ3) is 3.61. The Hall–Kier alpha value is -3.06. The number of nitrogens with one attached hydrogen (secondary N) is 2. The lowest BCUT2D eigenvalue weighted by molar-refractivity contribution is 0.0947. The summed E-state index contributed by atoms with van der Waals surface area (Å²) in [5.41, 5.74) is 2.54. The second-order valence-electron chi connectivity index (χ2n) is 7.86. The monoisotopic (exact) mass is 410 g/mol. The number of ether oxygens (including phenoxy) is 2. The molecule has 1 heterocycles. The molecule has 4 atom stereocenters. The van der Waals surface area contributed by atoms with Gasteiger partial charge in [-0.1, -0.05) is 12.1 Å². The molecule has 3 N–H and O–H groups in total. The molecule has 0 unspecified atom stereocenters. The molecule has 7 nitrogen and oxygen atoms in total. The second-order valence-corrected chi connectivity index (χ2v) is 7.86. The lowest BCUT2D eigenvalue weighted by Gasteiger charge is -2.16. The van der Waals surface area contributed by atoms with Crippen molar-refractivity contribution in [3.8, 4) is 11.5 Å². The van der Waals surface area contributed by atoms with Gasteiger partial charge in [-0.15, -0.1) is 0 Å². The van der Waals surface area contributed by atoms with E-state index in [0.717, 1.165) is 23.3 Å². The molecule has 4 rings (SSSR count). The van der Waals surface area contributed by atoms with Crippen molar-refractivity contribution in [2.24, 2.45) is 5.92 Å². The van der Waals surface area contributed by atoms with E-state index < -0.39 is 0 Å². The number of methoxy groups -OCH3 is 1. The van der Waals surface area contributed by atoms with Crippen LogP contribution in [0.1, 0.15) is 51.1 Å². The summed E-state index contributed by atoms with van der Waals surface area (Å²) in [6, 6.07) is 11.1. The Morgan fingerprint density at radius 2 is 2.03 bits per heavy atom. The van der Waals surface area contributed by atoms with Gasteiger partial charge in [-0.3, -0.25) is 9.59 Å². The third-order valence-electron chi connectivity index (χ3n) is 5.89. The van der Waals surface area contributed by atoms with E-state index in [1.54, 1.807) is 26.3 Å². The molecule has 7 heteroatoms. The maximum atomic E-state index is 12.9. The molecule has 1 aliphatic carbocycles. The van der Waals surface area contributed by atoms with Gasteiger partial charge in [-0.2, -0.15) is 0 Å². The normalized spacial score (nSPS) is 23.9. The van der Waals surface area contributed by atoms with Crippen molar-refractivity contribution in [2.75, 3.05) is 20.8 Å². The Bertz CT molecular complexity index is 990. The largest absolute Gasteiger partial charge is 0.497 e. The Kier molecular flexibility index (Phi) is 5.39. The first kappa shape index (κ1) is 20.2. The molecule has 2 aromatic carbocycles. The zero-order valence-electron chi connectivity index (χ0n) is 17.3. The molecule has 30 heavy (non-hydrogen) atoms. The van der Waals surface area contributed by atoms with E-state index in [2.05, 4.69) is 10.6 Å². The predicted molar refractivity (Wildman–Crippen MR) is 111 cm³/mol. The molecule has 1 fully saturated rings. The number of amides is 2. The molecule has 2 amide bonds. The van der Waals surface area contributed by atoms with Crippen LogP contribution in [0.2, 0.25) is 0 Å². The Morgan fingerprint density at radius 3 is 2.70 bits per heavy atom. The fraction of sp³-hybridized carbons (Fsp3) is 0.391. The molecule has 2 aliphatic rings. The summed E-state index contributed by atoms with van der Waals surface area (Å²) in [5, 5.41) is 14.8. The number of hydrogen-bond acceptors (Lipinski definition) is 5. The standard InChI is InChI=1S/C23H26N2O5/c1-12-20(13-5-4-6-16(7-13)29-3)17-8-14(22(27)25-19-10-15(19)11-26)9-18(21(17)30-12)23(28)24-2/h4-9,12,15,19-20,26H,10-11H2,1-3H3,(H,24,28)(H,25,27)/t12-,15+,19-,20+/m1/s1. The minimum Gasteiger partial charge on any atom is -0.497 e. The number of carbonyl (C=O) groups excluding carboxylic acids is 2. The van der Waals surface area contributed by atoms with Crippen LogP contribution in [0, 0.1) is 5.92 Å². The minimum atomic E-state index is -0.306. The van der Waals surface area contributed by atoms with E-state index in [1.165, 1.54) is 0 Å². The van der Waals surface area contributed by atoms with E-state index in [0.29, 0.717) is 16.9 Å². The summed E-state index contributed by atoms with van der Waals surface area (Å²) in [6.07, 6.45) is 0.554. The molecule has 1 aliphatic heterocycles. The van der Waals surface area contributed by atoms with Crippen molar-refractivity contribution >= 4 is 11.8 Å². The lowest BCUT2D eigenvalue weighted by Crippen LogP contribution is -2.28. The summed E-state index contributed by atoms with van der Waals surface area (Å²) in [4.78, 5) is 25.4. The molecular weight excluding hydrogens is 384 g/mol. The van der Waals surface area contributed by atoms with E-state index in [-0.39, 0.29) is 42.4 Å². The highest BCUT2D eigenvalue weighted by molar-refractivity contribution is 6.02. The zero-order chi connectivity index (χ0) is 21.4. The van der Waals surface area contributed by atoms with Gasteiger partial charge in [0.05, 0.1) is 12.7 Å². The van der Waals surface area contributed by atoms with E-state index in [9.17, 15) is 14.7 Å². The van der Waals surface area contributed by atoms with Crippen molar-refractivity contribution in [1.82, 2.24) is 10.6 Å². The molecule has 0 spiro atoms. The van der Waals surface area contributed by atoms with Gasteiger partial charge in [0, 0.05) is 42.7 Å². The molecule has 158 valence electrons. The molecule has 1 saturated carbocycles. The first-order chi connectivity index (χ1) is 14.5. The van der Waals surface area contributed by atoms with Crippen LogP contribution < -0.4 is 20.1 Å². The number of fused-ring (bicyclic) bond motifs is 1. The second kappa shape index (κ2) is 7.99. The average Bonchev–Trinajstić information content (AvgIpc) is 3.43. The van der Waals surface area contributed by atoms with Gasteiger partial charge in [0.2, 0.25) is 0 Å². The summed E-state index contributed by atoms with van der Waals surface area (Å²) in [6.45, 7) is 2.01. The van der Waals surface area contributed by atoms with Crippen molar-refractivity contribution in [2.45, 2.75) is 31.4 Å².